The summed E-state index contributed by atoms with van der Waals surface area (Å²) < 4.78 is 0. The van der Waals surface area contributed by atoms with Crippen molar-refractivity contribution in [2.24, 2.45) is 0 Å². The third-order valence-corrected chi connectivity index (χ3v) is 0. The summed E-state index contributed by atoms with van der Waals surface area (Å²) in [6.07, 6.45) is 0. The Hall–Kier alpha value is 3.57. The molecule has 6 heavy (non-hydrogen) atoms. The molecule has 0 heterocycles. The van der Waals surface area contributed by atoms with Gasteiger partial charge >= 0.3 is 23.1 Å². The Labute approximate surface area is 114 Å². The summed E-state index contributed by atoms with van der Waals surface area (Å²) in [5.74, 6) is 0. The zero-order valence-corrected chi connectivity index (χ0v) is 7.91. The van der Waals surface area contributed by atoms with E-state index in [2.05, 4.69) is 0 Å². The Morgan fingerprint density at radius 3 is 1.17 bits per heavy atom. The second kappa shape index (κ2) is 38.5. The summed E-state index contributed by atoms with van der Waals surface area (Å²) in [5, 5.41) is 0. The van der Waals surface area contributed by atoms with Gasteiger partial charge in [0, 0.05) is 73.0 Å². The maximum Gasteiger partial charge on any atom is 2.00 e. The largest absolute Gasteiger partial charge is 2.00 e. The molecule has 2 radical (unpaired) electrons. The van der Waals surface area contributed by atoms with Gasteiger partial charge in [-0.3, -0.25) is 0 Å². The maximum atomic E-state index is 0. The zero-order valence-electron chi connectivity index (χ0n) is 3.98. The van der Waals surface area contributed by atoms with Crippen LogP contribution in [0.1, 0.15) is 2.85 Å². The monoisotopic (exact) mass is 340 g/mol. The first-order valence-electron chi connectivity index (χ1n) is 0. The third-order valence-electron chi connectivity index (χ3n) is 0. The molecule has 50 valence electrons. The van der Waals surface area contributed by atoms with Crippen molar-refractivity contribution in [1.82, 2.24) is 0 Å². The molecule has 0 bridgehead atoms. The van der Waals surface area contributed by atoms with E-state index in [1.807, 2.05) is 0 Å². The van der Waals surface area contributed by atoms with Crippen LogP contribution in [-0.2, 0) is 73.0 Å². The van der Waals surface area contributed by atoms with Crippen molar-refractivity contribution in [3.05, 3.63) is 0 Å². The van der Waals surface area contributed by atoms with E-state index >= 15 is 0 Å². The summed E-state index contributed by atoms with van der Waals surface area (Å²) in [7, 11) is 0. The van der Waals surface area contributed by atoms with Gasteiger partial charge in [-0.25, -0.2) is 0 Å². The summed E-state index contributed by atoms with van der Waals surface area (Å²) in [4.78, 5) is 0. The smallest absolute Gasteiger partial charge is 1.00 e. The van der Waals surface area contributed by atoms with Crippen LogP contribution in [0.5, 0.6) is 0 Å². The predicted octanol–water partition coefficient (Wildman–Crippen LogP) is -1.35. The average molecular weight is 342 g/mol. The van der Waals surface area contributed by atoms with E-state index in [4.69, 9.17) is 0 Å². The van der Waals surface area contributed by atoms with Gasteiger partial charge in [-0.2, -0.15) is 0 Å². The van der Waals surface area contributed by atoms with E-state index in [0.29, 0.717) is 0 Å². The van der Waals surface area contributed by atoms with E-state index in [9.17, 15) is 0 Å². The van der Waals surface area contributed by atoms with Crippen LogP contribution in [-0.4, -0.2) is 40.4 Å². The molecule has 0 unspecified atom stereocenters. The quantitative estimate of drug-likeness (QED) is 0.478. The van der Waals surface area contributed by atoms with Gasteiger partial charge in [0.05, 0.1) is 0 Å². The van der Waals surface area contributed by atoms with Gasteiger partial charge in [0.25, 0.3) is 0 Å². The van der Waals surface area contributed by atoms with Gasteiger partial charge in [0.15, 0.2) is 17.4 Å². The molecule has 0 saturated heterocycles. The molecule has 0 spiro atoms. The Morgan fingerprint density at radius 1 is 1.17 bits per heavy atom. The molecule has 0 atom stereocenters. The Bertz CT molecular complexity index is 22.0. The van der Waals surface area contributed by atoms with Crippen molar-refractivity contribution >= 4 is 40.4 Å². The summed E-state index contributed by atoms with van der Waals surface area (Å²) in [6.45, 7) is 0. The molecule has 0 aromatic rings. The van der Waals surface area contributed by atoms with Crippen molar-refractivity contribution in [2.45, 2.75) is 0 Å². The number of hydrogen-bond acceptors (Lipinski definition) is 0. The minimum absolute atomic E-state index is 0. The van der Waals surface area contributed by atoms with Gasteiger partial charge in [-0.1, -0.05) is 0 Å². The van der Waals surface area contributed by atoms with Crippen LogP contribution in [0.4, 0.5) is 0 Å². The second-order valence-corrected chi connectivity index (χ2v) is 0. The van der Waals surface area contributed by atoms with E-state index < -0.39 is 0 Å². The SMILES string of the molecule is [Ag].[AlH3].[Cu].[Fe].[H-].[H-].[Mg+2].[Ni]. The van der Waals surface area contributed by atoms with Crippen LogP contribution >= 0.6 is 0 Å². The molecule has 0 saturated carbocycles. The molecule has 0 aromatic carbocycles. The van der Waals surface area contributed by atoms with E-state index in [1.165, 1.54) is 0 Å². The number of rotatable bonds is 0. The molecule has 0 aliphatic carbocycles. The molecule has 6 heteroatoms. The maximum absolute atomic E-state index is 0. The van der Waals surface area contributed by atoms with Crippen LogP contribution in [0.25, 0.3) is 0 Å². The van der Waals surface area contributed by atoms with Crippen molar-refractivity contribution in [2.75, 3.05) is 0 Å². The van der Waals surface area contributed by atoms with Crippen molar-refractivity contribution in [1.29, 1.82) is 0 Å². The normalized spacial score (nSPS) is 0. The van der Waals surface area contributed by atoms with Crippen molar-refractivity contribution < 1.29 is 75.9 Å². The van der Waals surface area contributed by atoms with Crippen LogP contribution in [0.2, 0.25) is 0 Å². The molecular formula is H5AgAlCuFeMgNi. The summed E-state index contributed by atoms with van der Waals surface area (Å²) in [5.41, 5.74) is 0. The molecule has 0 aliphatic heterocycles. The molecule has 0 nitrogen and oxygen atoms in total. The fourth-order valence-electron chi connectivity index (χ4n) is 0. The third kappa shape index (κ3) is 25.6. The Kier molecular flexibility index (Phi) is 354. The van der Waals surface area contributed by atoms with Crippen molar-refractivity contribution in [3.63, 3.8) is 0 Å². The van der Waals surface area contributed by atoms with Crippen LogP contribution < -0.4 is 0 Å². The van der Waals surface area contributed by atoms with Gasteiger partial charge in [0.2, 0.25) is 0 Å². The van der Waals surface area contributed by atoms with Crippen molar-refractivity contribution in [3.8, 4) is 0 Å². The first-order chi connectivity index (χ1) is 0. The van der Waals surface area contributed by atoms with Gasteiger partial charge in [0.1, 0.15) is 0 Å². The molecule has 0 amide bonds. The standard InChI is InChI=1S/Ag.Al.Cu.Fe.Mg.Ni.5H/q;;;;+2;;;;;2*-1. The molecule has 0 N–H and O–H groups in total. The molecule has 0 aromatic heterocycles. The van der Waals surface area contributed by atoms with Gasteiger partial charge in [-0.05, 0) is 0 Å². The Balaban J connectivity index is 0. The van der Waals surface area contributed by atoms with E-state index in [-0.39, 0.29) is 116 Å². The molecular weight excluding hydrogens is 337 g/mol. The minimum Gasteiger partial charge on any atom is -1.00 e. The van der Waals surface area contributed by atoms with Gasteiger partial charge in [-0.15, -0.1) is 0 Å². The molecule has 0 rings (SSSR count). The zero-order chi connectivity index (χ0) is 0. The predicted molar refractivity (Wildman–Crippen MR) is 17.9 cm³/mol. The summed E-state index contributed by atoms with van der Waals surface area (Å²) in [6, 6.07) is 0. The second-order valence-electron chi connectivity index (χ2n) is 0. The van der Waals surface area contributed by atoms with Crippen LogP contribution in [0.3, 0.4) is 0 Å². The van der Waals surface area contributed by atoms with Crippen LogP contribution in [0.15, 0.2) is 0 Å². The van der Waals surface area contributed by atoms with E-state index in [1.54, 1.807) is 0 Å². The molecule has 0 aliphatic rings. The first-order valence-corrected chi connectivity index (χ1v) is 0. The van der Waals surface area contributed by atoms with Gasteiger partial charge < -0.3 is 2.85 Å². The fourth-order valence-corrected chi connectivity index (χ4v) is 0. The topological polar surface area (TPSA) is 0 Å². The average Bonchev–Trinajstić information content (AvgIpc) is 0. The minimum atomic E-state index is 0. The van der Waals surface area contributed by atoms with Crippen LogP contribution in [0, 0.1) is 0 Å². The first kappa shape index (κ1) is 55.1. The molecule has 0 fully saturated rings. The Morgan fingerprint density at radius 2 is 1.17 bits per heavy atom. The van der Waals surface area contributed by atoms with E-state index in [0.717, 1.165) is 0 Å². The number of hydrogen-bond donors (Lipinski definition) is 0. The summed E-state index contributed by atoms with van der Waals surface area (Å²) >= 11 is 0. The fraction of sp³-hybridized carbons (Fsp3) is 0.